The van der Waals surface area contributed by atoms with Gasteiger partial charge in [-0.3, -0.25) is 4.90 Å². The highest BCUT2D eigenvalue weighted by Crippen LogP contribution is 2.16. The molecule has 0 bridgehead atoms. The van der Waals surface area contributed by atoms with Crippen molar-refractivity contribution in [1.29, 1.82) is 0 Å². The molecule has 1 saturated heterocycles. The van der Waals surface area contributed by atoms with Crippen LogP contribution in [0.5, 0.6) is 0 Å². The molecule has 0 saturated carbocycles. The molecular weight excluding hydrogens is 190 g/mol. The molecule has 1 fully saturated rings. The molecule has 0 aliphatic carbocycles. The lowest BCUT2D eigenvalue weighted by molar-refractivity contribution is 0.200. The Morgan fingerprint density at radius 1 is 1.33 bits per heavy atom. The Hall–Kier alpha value is -0.770. The zero-order chi connectivity index (χ0) is 11.1. The van der Waals surface area contributed by atoms with Gasteiger partial charge >= 0.3 is 0 Å². The lowest BCUT2D eigenvalue weighted by Crippen LogP contribution is -2.38. The fourth-order valence-electron chi connectivity index (χ4n) is 2.27. The lowest BCUT2D eigenvalue weighted by Gasteiger charge is -2.29. The van der Waals surface area contributed by atoms with E-state index in [-0.39, 0.29) is 0 Å². The molecule has 0 aromatic carbocycles. The van der Waals surface area contributed by atoms with E-state index in [4.69, 9.17) is 10.9 Å². The first-order valence-electron chi connectivity index (χ1n) is 5.98. The van der Waals surface area contributed by atoms with E-state index in [1.807, 2.05) is 0 Å². The van der Waals surface area contributed by atoms with Crippen LogP contribution in [0, 0.1) is 0 Å². The highest BCUT2D eigenvalue weighted by Gasteiger charge is 2.19. The van der Waals surface area contributed by atoms with Gasteiger partial charge in [-0.05, 0) is 32.4 Å². The van der Waals surface area contributed by atoms with Gasteiger partial charge in [0.25, 0.3) is 0 Å². The van der Waals surface area contributed by atoms with E-state index >= 15 is 0 Å². The molecule has 1 aliphatic rings. The number of nitrogens with two attached hydrogens (primary N) is 1. The maximum Gasteiger partial charge on any atom is 0.140 e. The molecule has 4 nitrogen and oxygen atoms in total. The van der Waals surface area contributed by atoms with Crippen molar-refractivity contribution in [2.45, 2.75) is 51.5 Å². The summed E-state index contributed by atoms with van der Waals surface area (Å²) in [6, 6.07) is 0.444. The van der Waals surface area contributed by atoms with Gasteiger partial charge in [-0.25, -0.2) is 0 Å². The smallest absolute Gasteiger partial charge is 0.140 e. The van der Waals surface area contributed by atoms with Crippen molar-refractivity contribution in [2.24, 2.45) is 10.9 Å². The fourth-order valence-corrected chi connectivity index (χ4v) is 2.27. The Morgan fingerprint density at radius 2 is 1.93 bits per heavy atom. The quantitative estimate of drug-likeness (QED) is 0.324. The molecule has 88 valence electrons. The van der Waals surface area contributed by atoms with Crippen molar-refractivity contribution < 1.29 is 5.21 Å². The van der Waals surface area contributed by atoms with Crippen LogP contribution in [0.15, 0.2) is 5.16 Å². The third kappa shape index (κ3) is 4.08. The Kier molecular flexibility index (Phi) is 5.47. The van der Waals surface area contributed by atoms with Crippen molar-refractivity contribution in [3.05, 3.63) is 0 Å². The van der Waals surface area contributed by atoms with Crippen LogP contribution in [0.3, 0.4) is 0 Å². The average molecular weight is 213 g/mol. The molecule has 0 spiro atoms. The zero-order valence-corrected chi connectivity index (χ0v) is 9.65. The highest BCUT2D eigenvalue weighted by atomic mass is 16.4. The fraction of sp³-hybridized carbons (Fsp3) is 0.909. The van der Waals surface area contributed by atoms with Gasteiger partial charge in [0, 0.05) is 12.5 Å². The van der Waals surface area contributed by atoms with Crippen LogP contribution in [-0.4, -0.2) is 35.1 Å². The summed E-state index contributed by atoms with van der Waals surface area (Å²) in [7, 11) is 0. The van der Waals surface area contributed by atoms with Gasteiger partial charge in [-0.15, -0.1) is 0 Å². The topological polar surface area (TPSA) is 61.9 Å². The normalized spacial score (nSPS) is 22.3. The SMILES string of the molecule is CCC(C/C(N)=N/O)N1CCCCCC1. The molecule has 1 rings (SSSR count). The number of hydrogen-bond acceptors (Lipinski definition) is 3. The summed E-state index contributed by atoms with van der Waals surface area (Å²) < 4.78 is 0. The molecular formula is C11H23N3O. The Bertz CT molecular complexity index is 198. The van der Waals surface area contributed by atoms with E-state index in [1.54, 1.807) is 0 Å². The van der Waals surface area contributed by atoms with Crippen LogP contribution in [-0.2, 0) is 0 Å². The minimum absolute atomic E-state index is 0.353. The van der Waals surface area contributed by atoms with Crippen molar-refractivity contribution >= 4 is 5.84 Å². The lowest BCUT2D eigenvalue weighted by atomic mass is 10.1. The molecule has 4 heteroatoms. The van der Waals surface area contributed by atoms with Crippen molar-refractivity contribution in [2.75, 3.05) is 13.1 Å². The second kappa shape index (κ2) is 6.67. The van der Waals surface area contributed by atoms with Crippen LogP contribution in [0.1, 0.15) is 45.4 Å². The first kappa shape index (κ1) is 12.3. The third-order valence-electron chi connectivity index (χ3n) is 3.20. The summed E-state index contributed by atoms with van der Waals surface area (Å²) in [5.74, 6) is 0.353. The summed E-state index contributed by atoms with van der Waals surface area (Å²) in [4.78, 5) is 2.49. The van der Waals surface area contributed by atoms with Crippen molar-refractivity contribution in [3.8, 4) is 0 Å². The van der Waals surface area contributed by atoms with E-state index in [0.717, 1.165) is 19.5 Å². The van der Waals surface area contributed by atoms with Gasteiger partial charge in [-0.2, -0.15) is 0 Å². The van der Waals surface area contributed by atoms with Crippen LogP contribution in [0.25, 0.3) is 0 Å². The molecule has 0 aromatic heterocycles. The molecule has 1 atom stereocenters. The summed E-state index contributed by atoms with van der Waals surface area (Å²) in [6.07, 6.45) is 7.01. The van der Waals surface area contributed by atoms with Gasteiger partial charge in [0.15, 0.2) is 0 Å². The van der Waals surface area contributed by atoms with Crippen LogP contribution >= 0.6 is 0 Å². The minimum Gasteiger partial charge on any atom is -0.409 e. The van der Waals surface area contributed by atoms with Crippen molar-refractivity contribution in [1.82, 2.24) is 4.90 Å². The first-order chi connectivity index (χ1) is 7.27. The van der Waals surface area contributed by atoms with Gasteiger partial charge in [-0.1, -0.05) is 24.9 Å². The predicted molar refractivity (Wildman–Crippen MR) is 62.1 cm³/mol. The van der Waals surface area contributed by atoms with Gasteiger partial charge in [0.05, 0.1) is 0 Å². The molecule has 1 aliphatic heterocycles. The maximum absolute atomic E-state index is 8.58. The van der Waals surface area contributed by atoms with Crippen LogP contribution < -0.4 is 5.73 Å². The van der Waals surface area contributed by atoms with Crippen LogP contribution in [0.2, 0.25) is 0 Å². The standard InChI is InChI=1S/C11H23N3O/c1-2-10(9-11(12)13-15)14-7-5-3-4-6-8-14/h10,15H,2-9H2,1H3,(H2,12,13). The molecule has 1 heterocycles. The monoisotopic (exact) mass is 213 g/mol. The second-order valence-electron chi connectivity index (χ2n) is 4.31. The van der Waals surface area contributed by atoms with E-state index in [0.29, 0.717) is 18.3 Å². The predicted octanol–water partition coefficient (Wildman–Crippen LogP) is 1.78. The number of amidine groups is 1. The number of nitrogens with zero attached hydrogens (tertiary/aromatic N) is 2. The number of rotatable bonds is 4. The Labute approximate surface area is 92.1 Å². The first-order valence-corrected chi connectivity index (χ1v) is 5.98. The Balaban J connectivity index is 2.47. The van der Waals surface area contributed by atoms with E-state index in [2.05, 4.69) is 17.0 Å². The summed E-state index contributed by atoms with van der Waals surface area (Å²) in [5.41, 5.74) is 5.57. The van der Waals surface area contributed by atoms with Crippen molar-refractivity contribution in [3.63, 3.8) is 0 Å². The largest absolute Gasteiger partial charge is 0.409 e. The minimum atomic E-state index is 0.353. The van der Waals surface area contributed by atoms with E-state index in [9.17, 15) is 0 Å². The molecule has 1 unspecified atom stereocenters. The summed E-state index contributed by atoms with van der Waals surface area (Å²) >= 11 is 0. The van der Waals surface area contributed by atoms with E-state index < -0.39 is 0 Å². The van der Waals surface area contributed by atoms with Crippen LogP contribution in [0.4, 0.5) is 0 Å². The molecule has 15 heavy (non-hydrogen) atoms. The molecule has 0 amide bonds. The third-order valence-corrected chi connectivity index (χ3v) is 3.20. The Morgan fingerprint density at radius 3 is 2.40 bits per heavy atom. The van der Waals surface area contributed by atoms with Gasteiger partial charge in [0.1, 0.15) is 5.84 Å². The number of hydrogen-bond donors (Lipinski definition) is 2. The second-order valence-corrected chi connectivity index (χ2v) is 4.31. The average Bonchev–Trinajstić information content (AvgIpc) is 2.54. The highest BCUT2D eigenvalue weighted by molar-refractivity contribution is 5.80. The van der Waals surface area contributed by atoms with Gasteiger partial charge in [0.2, 0.25) is 0 Å². The summed E-state index contributed by atoms with van der Waals surface area (Å²) in [6.45, 7) is 4.49. The molecule has 3 N–H and O–H groups in total. The van der Waals surface area contributed by atoms with E-state index in [1.165, 1.54) is 25.7 Å². The zero-order valence-electron chi connectivity index (χ0n) is 9.65. The maximum atomic E-state index is 8.58. The molecule has 0 radical (unpaired) electrons. The summed E-state index contributed by atoms with van der Waals surface area (Å²) in [5, 5.41) is 11.6. The number of likely N-dealkylation sites (tertiary alicyclic amines) is 1. The van der Waals surface area contributed by atoms with Gasteiger partial charge < -0.3 is 10.9 Å². The molecule has 0 aromatic rings. The number of oxime groups is 1.